The second kappa shape index (κ2) is 8.89. The van der Waals surface area contributed by atoms with Crippen molar-refractivity contribution in [2.24, 2.45) is 0 Å². The first-order valence-electron chi connectivity index (χ1n) is 7.62. The number of methoxy groups -OCH3 is 1. The first kappa shape index (κ1) is 21.5. The van der Waals surface area contributed by atoms with Crippen LogP contribution in [0.2, 0.25) is 5.02 Å². The summed E-state index contributed by atoms with van der Waals surface area (Å²) >= 11 is 5.82. The van der Waals surface area contributed by atoms with E-state index in [0.29, 0.717) is 6.07 Å². The standard InChI is InChI=1S/C17H13ClF3NO6/c1-26-6-7-27-16(23)12-9-11(3-4-14(12)22(24)25)28-15-5-2-10(8-13(15)18)17(19,20)21/h2-5,8-9H,6-7H2,1H3. The van der Waals surface area contributed by atoms with Crippen molar-refractivity contribution in [2.75, 3.05) is 20.3 Å². The van der Waals surface area contributed by atoms with Gasteiger partial charge in [0, 0.05) is 19.2 Å². The Balaban J connectivity index is 2.30. The minimum atomic E-state index is -4.57. The molecule has 0 saturated heterocycles. The summed E-state index contributed by atoms with van der Waals surface area (Å²) in [5.41, 5.74) is -1.87. The number of nitro groups is 1. The quantitative estimate of drug-likeness (QED) is 0.275. The van der Waals surface area contributed by atoms with E-state index in [9.17, 15) is 28.1 Å². The van der Waals surface area contributed by atoms with Gasteiger partial charge in [0.15, 0.2) is 0 Å². The van der Waals surface area contributed by atoms with Crippen LogP contribution in [0.5, 0.6) is 11.5 Å². The van der Waals surface area contributed by atoms with Crippen LogP contribution in [0.1, 0.15) is 15.9 Å². The highest BCUT2D eigenvalue weighted by Crippen LogP contribution is 2.37. The maximum atomic E-state index is 12.7. The fourth-order valence-corrected chi connectivity index (χ4v) is 2.30. The molecule has 0 aliphatic heterocycles. The molecule has 2 aromatic rings. The van der Waals surface area contributed by atoms with Crippen LogP contribution in [-0.2, 0) is 15.7 Å². The van der Waals surface area contributed by atoms with Crippen molar-refractivity contribution < 1.29 is 37.1 Å². The van der Waals surface area contributed by atoms with Crippen LogP contribution in [0.3, 0.4) is 0 Å². The van der Waals surface area contributed by atoms with Gasteiger partial charge < -0.3 is 14.2 Å². The van der Waals surface area contributed by atoms with Gasteiger partial charge in [0.05, 0.1) is 22.1 Å². The van der Waals surface area contributed by atoms with Gasteiger partial charge >= 0.3 is 12.1 Å². The number of esters is 1. The maximum Gasteiger partial charge on any atom is 0.416 e. The Morgan fingerprint density at radius 1 is 1.18 bits per heavy atom. The lowest BCUT2D eigenvalue weighted by atomic mass is 10.1. The lowest BCUT2D eigenvalue weighted by molar-refractivity contribution is -0.385. The van der Waals surface area contributed by atoms with Gasteiger partial charge in [-0.2, -0.15) is 13.2 Å². The molecule has 0 saturated carbocycles. The Morgan fingerprint density at radius 3 is 2.46 bits per heavy atom. The monoisotopic (exact) mass is 419 g/mol. The van der Waals surface area contributed by atoms with Crippen molar-refractivity contribution in [2.45, 2.75) is 6.18 Å². The Morgan fingerprint density at radius 2 is 1.89 bits per heavy atom. The van der Waals surface area contributed by atoms with Crippen LogP contribution in [0.15, 0.2) is 36.4 Å². The van der Waals surface area contributed by atoms with Crippen molar-refractivity contribution in [3.63, 3.8) is 0 Å². The highest BCUT2D eigenvalue weighted by molar-refractivity contribution is 6.32. The van der Waals surface area contributed by atoms with Crippen LogP contribution in [0, 0.1) is 10.1 Å². The van der Waals surface area contributed by atoms with Gasteiger partial charge in [-0.25, -0.2) is 4.79 Å². The smallest absolute Gasteiger partial charge is 0.416 e. The number of hydrogen-bond acceptors (Lipinski definition) is 6. The summed E-state index contributed by atoms with van der Waals surface area (Å²) in [7, 11) is 1.39. The van der Waals surface area contributed by atoms with E-state index in [4.69, 9.17) is 25.8 Å². The van der Waals surface area contributed by atoms with Crippen molar-refractivity contribution >= 4 is 23.3 Å². The van der Waals surface area contributed by atoms with Gasteiger partial charge in [0.1, 0.15) is 23.7 Å². The summed E-state index contributed by atoms with van der Waals surface area (Å²) in [6, 6.07) is 5.69. The number of benzene rings is 2. The number of nitro benzene ring substituents is 1. The van der Waals surface area contributed by atoms with Crippen LogP contribution in [0.4, 0.5) is 18.9 Å². The van der Waals surface area contributed by atoms with Gasteiger partial charge in [-0.05, 0) is 24.3 Å². The molecule has 0 atom stereocenters. The van der Waals surface area contributed by atoms with Crippen LogP contribution in [-0.4, -0.2) is 31.2 Å². The molecule has 11 heteroatoms. The molecule has 150 valence electrons. The molecule has 0 radical (unpaired) electrons. The molecule has 28 heavy (non-hydrogen) atoms. The Labute approximate surface area is 161 Å². The van der Waals surface area contributed by atoms with E-state index in [1.54, 1.807) is 0 Å². The van der Waals surface area contributed by atoms with Gasteiger partial charge in [0.25, 0.3) is 5.69 Å². The molecule has 0 unspecified atom stereocenters. The largest absolute Gasteiger partial charge is 0.459 e. The average Bonchev–Trinajstić information content (AvgIpc) is 2.62. The molecule has 0 aliphatic rings. The normalized spacial score (nSPS) is 11.2. The first-order chi connectivity index (χ1) is 13.1. The average molecular weight is 420 g/mol. The molecule has 0 fully saturated rings. The van der Waals surface area contributed by atoms with Gasteiger partial charge in [-0.1, -0.05) is 11.6 Å². The minimum absolute atomic E-state index is 0.0500. The summed E-state index contributed by atoms with van der Waals surface area (Å²) in [6.45, 7) is -0.0286. The molecule has 2 rings (SSSR count). The van der Waals surface area contributed by atoms with Crippen molar-refractivity contribution in [1.82, 2.24) is 0 Å². The predicted molar refractivity (Wildman–Crippen MR) is 91.8 cm³/mol. The molecule has 0 heterocycles. The number of carbonyl (C=O) groups is 1. The molecule has 7 nitrogen and oxygen atoms in total. The topological polar surface area (TPSA) is 87.9 Å². The van der Waals surface area contributed by atoms with E-state index in [-0.39, 0.29) is 35.3 Å². The van der Waals surface area contributed by atoms with E-state index < -0.39 is 28.3 Å². The number of carbonyl (C=O) groups excluding carboxylic acids is 1. The molecule has 2 aromatic carbocycles. The Kier molecular flexibility index (Phi) is 6.81. The van der Waals surface area contributed by atoms with E-state index in [1.165, 1.54) is 13.2 Å². The van der Waals surface area contributed by atoms with Crippen molar-refractivity contribution in [3.8, 4) is 11.5 Å². The fourth-order valence-electron chi connectivity index (χ4n) is 2.08. The third-order valence-electron chi connectivity index (χ3n) is 3.39. The third kappa shape index (κ3) is 5.33. The SMILES string of the molecule is COCCOC(=O)c1cc(Oc2ccc(C(F)(F)F)cc2Cl)ccc1[N+](=O)[O-]. The molecule has 0 amide bonds. The second-order valence-corrected chi connectivity index (χ2v) is 5.72. The van der Waals surface area contributed by atoms with Crippen LogP contribution >= 0.6 is 11.6 Å². The zero-order chi connectivity index (χ0) is 20.9. The summed E-state index contributed by atoms with van der Waals surface area (Å²) < 4.78 is 53.0. The van der Waals surface area contributed by atoms with Gasteiger partial charge in [0.2, 0.25) is 0 Å². The van der Waals surface area contributed by atoms with E-state index in [1.807, 2.05) is 0 Å². The van der Waals surface area contributed by atoms with E-state index in [2.05, 4.69) is 0 Å². The summed E-state index contributed by atoms with van der Waals surface area (Å²) in [4.78, 5) is 22.4. The number of rotatable bonds is 7. The minimum Gasteiger partial charge on any atom is -0.459 e. The highest BCUT2D eigenvalue weighted by atomic mass is 35.5. The lowest BCUT2D eigenvalue weighted by Gasteiger charge is -2.12. The fraction of sp³-hybridized carbons (Fsp3) is 0.235. The maximum absolute atomic E-state index is 12.7. The lowest BCUT2D eigenvalue weighted by Crippen LogP contribution is -2.12. The number of ether oxygens (including phenoxy) is 3. The van der Waals surface area contributed by atoms with E-state index in [0.717, 1.165) is 24.3 Å². The third-order valence-corrected chi connectivity index (χ3v) is 3.69. The zero-order valence-electron chi connectivity index (χ0n) is 14.3. The number of hydrogen-bond donors (Lipinski definition) is 0. The molecule has 0 aromatic heterocycles. The molecule has 0 spiro atoms. The number of halogens is 4. The zero-order valence-corrected chi connectivity index (χ0v) is 15.0. The van der Waals surface area contributed by atoms with Gasteiger partial charge in [-0.3, -0.25) is 10.1 Å². The summed E-state index contributed by atoms with van der Waals surface area (Å²) in [5.74, 6) is -1.15. The molecule has 0 N–H and O–H groups in total. The van der Waals surface area contributed by atoms with Gasteiger partial charge in [-0.15, -0.1) is 0 Å². The molecular weight excluding hydrogens is 407 g/mol. The first-order valence-corrected chi connectivity index (χ1v) is 8.00. The Hall–Kier alpha value is -2.85. The number of alkyl halides is 3. The molecular formula is C17H13ClF3NO6. The summed E-state index contributed by atoms with van der Waals surface area (Å²) in [6.07, 6.45) is -4.57. The van der Waals surface area contributed by atoms with Crippen molar-refractivity contribution in [3.05, 3.63) is 62.7 Å². The van der Waals surface area contributed by atoms with Crippen LogP contribution in [0.25, 0.3) is 0 Å². The van der Waals surface area contributed by atoms with Crippen molar-refractivity contribution in [1.29, 1.82) is 0 Å². The second-order valence-electron chi connectivity index (χ2n) is 5.31. The Bertz CT molecular complexity index is 888. The van der Waals surface area contributed by atoms with E-state index >= 15 is 0 Å². The van der Waals surface area contributed by atoms with Crippen LogP contribution < -0.4 is 4.74 Å². The molecule has 0 bridgehead atoms. The predicted octanol–water partition coefficient (Wildman–Crippen LogP) is 4.86. The molecule has 0 aliphatic carbocycles. The highest BCUT2D eigenvalue weighted by Gasteiger charge is 2.31. The number of nitrogens with zero attached hydrogens (tertiary/aromatic N) is 1. The summed E-state index contributed by atoms with van der Waals surface area (Å²) in [5, 5.41) is 10.8.